The average Bonchev–Trinajstić information content (AvgIpc) is 2.60. The van der Waals surface area contributed by atoms with Crippen molar-refractivity contribution in [3.05, 3.63) is 0 Å². The van der Waals surface area contributed by atoms with Crippen LogP contribution in [0.25, 0.3) is 0 Å². The SMILES string of the molecule is CC(CCNOC(=O)C(C=O)C=O)CC(C)(C)CNOC(=O)C(C=O)C=O. The minimum atomic E-state index is -1.44. The summed E-state index contributed by atoms with van der Waals surface area (Å²) in [6.07, 6.45) is 2.18. The minimum absolute atomic E-state index is 0.203. The highest BCUT2D eigenvalue weighted by molar-refractivity contribution is 6.02. The lowest BCUT2D eigenvalue weighted by Crippen LogP contribution is -2.35. The molecule has 27 heavy (non-hydrogen) atoms. The summed E-state index contributed by atoms with van der Waals surface area (Å²) in [6.45, 7) is 6.49. The van der Waals surface area contributed by atoms with Gasteiger partial charge in [0.15, 0.2) is 11.8 Å². The Hall–Kier alpha value is -2.46. The number of carbonyl (C=O) groups is 6. The number of nitrogens with one attached hydrogen (secondary N) is 2. The summed E-state index contributed by atoms with van der Waals surface area (Å²) < 4.78 is 0. The van der Waals surface area contributed by atoms with Gasteiger partial charge in [-0.25, -0.2) is 9.59 Å². The van der Waals surface area contributed by atoms with E-state index in [-0.39, 0.29) is 36.5 Å². The Morgan fingerprint density at radius 3 is 1.78 bits per heavy atom. The molecule has 152 valence electrons. The molecular weight excluding hydrogens is 360 g/mol. The molecule has 0 aromatic carbocycles. The van der Waals surface area contributed by atoms with Crippen molar-refractivity contribution in [2.24, 2.45) is 23.2 Å². The zero-order chi connectivity index (χ0) is 20.9. The molecule has 10 nitrogen and oxygen atoms in total. The molecule has 0 aliphatic heterocycles. The van der Waals surface area contributed by atoms with Crippen molar-refractivity contribution >= 4 is 37.1 Å². The predicted octanol–water partition coefficient (Wildman–Crippen LogP) is -0.447. The lowest BCUT2D eigenvalue weighted by Gasteiger charge is -2.28. The van der Waals surface area contributed by atoms with E-state index in [4.69, 9.17) is 4.84 Å². The third-order valence-electron chi connectivity index (χ3n) is 3.67. The van der Waals surface area contributed by atoms with Crippen LogP contribution in [0.5, 0.6) is 0 Å². The molecule has 0 amide bonds. The van der Waals surface area contributed by atoms with E-state index in [9.17, 15) is 28.8 Å². The Bertz CT molecular complexity index is 519. The quantitative estimate of drug-likeness (QED) is 0.164. The molecule has 2 N–H and O–H groups in total. The maximum atomic E-state index is 11.4. The third-order valence-corrected chi connectivity index (χ3v) is 3.67. The summed E-state index contributed by atoms with van der Waals surface area (Å²) in [7, 11) is 0. The van der Waals surface area contributed by atoms with Gasteiger partial charge < -0.3 is 28.9 Å². The number of rotatable bonds is 15. The molecule has 0 saturated carbocycles. The van der Waals surface area contributed by atoms with Gasteiger partial charge in [0.05, 0.1) is 0 Å². The molecule has 0 saturated heterocycles. The molecule has 10 heteroatoms. The molecule has 0 aromatic heterocycles. The van der Waals surface area contributed by atoms with Gasteiger partial charge >= 0.3 is 11.9 Å². The predicted molar refractivity (Wildman–Crippen MR) is 91.6 cm³/mol. The van der Waals surface area contributed by atoms with Gasteiger partial charge in [0, 0.05) is 13.1 Å². The minimum Gasteiger partial charge on any atom is -0.370 e. The highest BCUT2D eigenvalue weighted by atomic mass is 16.7. The molecular formula is C17H26N2O8. The number of hydroxylamine groups is 2. The lowest BCUT2D eigenvalue weighted by molar-refractivity contribution is -0.160. The molecule has 0 aliphatic rings. The number of carbonyl (C=O) groups excluding carboxylic acids is 6. The Morgan fingerprint density at radius 1 is 0.889 bits per heavy atom. The monoisotopic (exact) mass is 386 g/mol. The van der Waals surface area contributed by atoms with Gasteiger partial charge in [-0.1, -0.05) is 20.8 Å². The van der Waals surface area contributed by atoms with Gasteiger partial charge in [-0.15, -0.1) is 0 Å². The first-order valence-electron chi connectivity index (χ1n) is 8.39. The van der Waals surface area contributed by atoms with Crippen molar-refractivity contribution in [2.45, 2.75) is 33.6 Å². The van der Waals surface area contributed by atoms with Gasteiger partial charge in [-0.2, -0.15) is 11.0 Å². The topological polar surface area (TPSA) is 145 Å². The fraction of sp³-hybridized carbons (Fsp3) is 0.647. The van der Waals surface area contributed by atoms with Crippen LogP contribution in [0.15, 0.2) is 0 Å². The largest absolute Gasteiger partial charge is 0.370 e. The fourth-order valence-corrected chi connectivity index (χ4v) is 2.27. The van der Waals surface area contributed by atoms with Crippen LogP contribution in [0.2, 0.25) is 0 Å². The van der Waals surface area contributed by atoms with E-state index in [2.05, 4.69) is 15.8 Å². The van der Waals surface area contributed by atoms with Crippen molar-refractivity contribution in [3.8, 4) is 0 Å². The zero-order valence-electron chi connectivity index (χ0n) is 15.6. The van der Waals surface area contributed by atoms with Crippen LogP contribution in [-0.4, -0.2) is 50.2 Å². The fourth-order valence-electron chi connectivity index (χ4n) is 2.27. The van der Waals surface area contributed by atoms with Gasteiger partial charge in [-0.3, -0.25) is 0 Å². The van der Waals surface area contributed by atoms with Crippen molar-refractivity contribution in [1.29, 1.82) is 0 Å². The average molecular weight is 386 g/mol. The maximum absolute atomic E-state index is 11.4. The second-order valence-electron chi connectivity index (χ2n) is 6.92. The number of hydrogen-bond donors (Lipinski definition) is 2. The second kappa shape index (κ2) is 12.8. The third kappa shape index (κ3) is 10.3. The van der Waals surface area contributed by atoms with Crippen LogP contribution in [0.3, 0.4) is 0 Å². The lowest BCUT2D eigenvalue weighted by atomic mass is 9.82. The van der Waals surface area contributed by atoms with Gasteiger partial charge in [-0.05, 0) is 24.2 Å². The van der Waals surface area contributed by atoms with Crippen LogP contribution in [0, 0.1) is 23.2 Å². The van der Waals surface area contributed by atoms with E-state index in [1.165, 1.54) is 0 Å². The smallest absolute Gasteiger partial charge is 0.342 e. The molecule has 0 aromatic rings. The molecule has 1 atom stereocenters. The maximum Gasteiger partial charge on any atom is 0.342 e. The van der Waals surface area contributed by atoms with Gasteiger partial charge in [0.1, 0.15) is 25.1 Å². The Balaban J connectivity index is 4.12. The van der Waals surface area contributed by atoms with Crippen LogP contribution >= 0.6 is 0 Å². The number of hydrogen-bond acceptors (Lipinski definition) is 10. The second-order valence-corrected chi connectivity index (χ2v) is 6.92. The van der Waals surface area contributed by atoms with Crippen molar-refractivity contribution in [2.75, 3.05) is 13.1 Å². The standard InChI is InChI=1S/C17H26N2O8/c1-12(4-5-18-26-15(24)13(7-20)8-21)6-17(2,3)11-19-27-16(25)14(9-22)10-23/h7-10,12-14,18-19H,4-6,11H2,1-3H3. The Kier molecular flexibility index (Phi) is 11.7. The van der Waals surface area contributed by atoms with Crippen LogP contribution in [-0.2, 0) is 38.4 Å². The summed E-state index contributed by atoms with van der Waals surface area (Å²) in [5.74, 6) is -4.58. The van der Waals surface area contributed by atoms with Crippen molar-refractivity contribution in [1.82, 2.24) is 11.0 Å². The van der Waals surface area contributed by atoms with Crippen LogP contribution in [0.4, 0.5) is 0 Å². The molecule has 1 unspecified atom stereocenters. The van der Waals surface area contributed by atoms with E-state index in [0.29, 0.717) is 19.5 Å². The zero-order valence-corrected chi connectivity index (χ0v) is 15.6. The van der Waals surface area contributed by atoms with Crippen LogP contribution < -0.4 is 11.0 Å². The molecule has 0 heterocycles. The first kappa shape index (κ1) is 24.5. The summed E-state index contributed by atoms with van der Waals surface area (Å²) in [5.41, 5.74) is 4.62. The van der Waals surface area contributed by atoms with Gasteiger partial charge in [0.2, 0.25) is 0 Å². The Morgan fingerprint density at radius 2 is 1.33 bits per heavy atom. The van der Waals surface area contributed by atoms with Crippen molar-refractivity contribution < 1.29 is 38.4 Å². The molecule has 0 aliphatic carbocycles. The van der Waals surface area contributed by atoms with E-state index in [0.717, 1.165) is 6.42 Å². The first-order chi connectivity index (χ1) is 12.7. The molecule has 0 rings (SSSR count). The summed E-state index contributed by atoms with van der Waals surface area (Å²) in [5, 5.41) is 0. The van der Waals surface area contributed by atoms with E-state index >= 15 is 0 Å². The number of aldehydes is 4. The molecule has 0 spiro atoms. The first-order valence-corrected chi connectivity index (χ1v) is 8.39. The van der Waals surface area contributed by atoms with E-state index in [1.807, 2.05) is 20.8 Å². The highest BCUT2D eigenvalue weighted by Crippen LogP contribution is 2.26. The van der Waals surface area contributed by atoms with E-state index < -0.39 is 23.8 Å². The van der Waals surface area contributed by atoms with Crippen molar-refractivity contribution in [3.63, 3.8) is 0 Å². The molecule has 0 radical (unpaired) electrons. The molecule has 0 bridgehead atoms. The summed E-state index contributed by atoms with van der Waals surface area (Å²) in [6, 6.07) is 0. The Labute approximate surface area is 157 Å². The normalized spacial score (nSPS) is 12.3. The summed E-state index contributed by atoms with van der Waals surface area (Å²) in [4.78, 5) is 73.9. The van der Waals surface area contributed by atoms with Crippen LogP contribution in [0.1, 0.15) is 33.6 Å². The highest BCUT2D eigenvalue weighted by Gasteiger charge is 2.24. The van der Waals surface area contributed by atoms with E-state index in [1.54, 1.807) is 0 Å². The van der Waals surface area contributed by atoms with Gasteiger partial charge in [0.25, 0.3) is 0 Å². The molecule has 0 fully saturated rings. The summed E-state index contributed by atoms with van der Waals surface area (Å²) >= 11 is 0.